The van der Waals surface area contributed by atoms with E-state index >= 15 is 0 Å². The van der Waals surface area contributed by atoms with Crippen LogP contribution < -0.4 is 0 Å². The summed E-state index contributed by atoms with van der Waals surface area (Å²) in [7, 11) is 0. The van der Waals surface area contributed by atoms with E-state index in [9.17, 15) is 9.18 Å². The lowest BCUT2D eigenvalue weighted by Crippen LogP contribution is -2.07. The van der Waals surface area contributed by atoms with Crippen LogP contribution >= 0.6 is 0 Å². The number of benzene rings is 1. The van der Waals surface area contributed by atoms with Gasteiger partial charge in [-0.2, -0.15) is 4.68 Å². The molecular weight excluding hydrogens is 227 g/mol. The van der Waals surface area contributed by atoms with Crippen molar-refractivity contribution < 1.29 is 13.9 Å². The summed E-state index contributed by atoms with van der Waals surface area (Å²) in [4.78, 5) is 9.88. The van der Waals surface area contributed by atoms with E-state index in [1.54, 1.807) is 12.1 Å². The fourth-order valence-electron chi connectivity index (χ4n) is 1.35. The third-order valence-corrected chi connectivity index (χ3v) is 2.07. The lowest BCUT2D eigenvalue weighted by Gasteiger charge is -2.03. The van der Waals surface area contributed by atoms with Crippen molar-refractivity contribution in [2.45, 2.75) is 6.42 Å². The molecule has 1 heterocycles. The van der Waals surface area contributed by atoms with Crippen molar-refractivity contribution in [3.63, 3.8) is 0 Å². The van der Waals surface area contributed by atoms with Gasteiger partial charge in [0.2, 0.25) is 0 Å². The summed E-state index contributed by atoms with van der Waals surface area (Å²) in [5, 5.41) is 11.0. The minimum Gasteiger partial charge on any atom is -0.457 e. The maximum absolute atomic E-state index is 13.0. The first-order valence-corrected chi connectivity index (χ1v) is 4.83. The van der Waals surface area contributed by atoms with Crippen molar-refractivity contribution in [3.05, 3.63) is 35.9 Å². The van der Waals surface area contributed by atoms with Gasteiger partial charge in [-0.3, -0.25) is 0 Å². The molecule has 0 unspecified atom stereocenters. The molecule has 0 aliphatic heterocycles. The molecule has 87 valence electrons. The zero-order valence-corrected chi connectivity index (χ0v) is 8.71. The van der Waals surface area contributed by atoms with Crippen molar-refractivity contribution in [2.24, 2.45) is 0 Å². The van der Waals surface area contributed by atoms with Gasteiger partial charge in [0.25, 0.3) is 0 Å². The molecule has 2 rings (SSSR count). The second-order valence-corrected chi connectivity index (χ2v) is 3.17. The summed E-state index contributed by atoms with van der Waals surface area (Å²) < 4.78 is 18.9. The Bertz CT molecular complexity index is 515. The molecule has 0 amide bonds. The molecule has 6 nitrogen and oxygen atoms in total. The van der Waals surface area contributed by atoms with E-state index in [4.69, 9.17) is 0 Å². The van der Waals surface area contributed by atoms with Crippen LogP contribution in [0.4, 0.5) is 4.39 Å². The number of hydrogen-bond donors (Lipinski definition) is 0. The van der Waals surface area contributed by atoms with Crippen LogP contribution in [0.25, 0.3) is 5.69 Å². The van der Waals surface area contributed by atoms with Gasteiger partial charge >= 0.3 is 6.47 Å². The standard InChI is InChI=1S/C10H8FN4O2/c11-8-2-1-3-9(6-8)15-10(12-13-14-15)4-5-17-7-16/h1-3,6H,4-5H2. The van der Waals surface area contributed by atoms with E-state index < -0.39 is 0 Å². The predicted octanol–water partition coefficient (Wildman–Crippen LogP) is 0.428. The predicted molar refractivity (Wildman–Crippen MR) is 54.5 cm³/mol. The number of hydrogen-bond acceptors (Lipinski definition) is 5. The van der Waals surface area contributed by atoms with Crippen LogP contribution in [0.5, 0.6) is 0 Å². The van der Waals surface area contributed by atoms with E-state index in [0.29, 0.717) is 17.9 Å². The van der Waals surface area contributed by atoms with Crippen molar-refractivity contribution in [2.75, 3.05) is 6.61 Å². The first kappa shape index (κ1) is 11.2. The van der Waals surface area contributed by atoms with Gasteiger partial charge in [-0.25, -0.2) is 9.18 Å². The minimum atomic E-state index is -0.374. The SMILES string of the molecule is O=[C]OCCc1nnnn1-c1cccc(F)c1. The smallest absolute Gasteiger partial charge is 0.417 e. The molecule has 0 spiro atoms. The quantitative estimate of drug-likeness (QED) is 0.703. The molecule has 0 aliphatic rings. The van der Waals surface area contributed by atoms with Crippen LogP contribution in [0, 0.1) is 5.82 Å². The van der Waals surface area contributed by atoms with E-state index in [1.165, 1.54) is 23.3 Å². The third-order valence-electron chi connectivity index (χ3n) is 2.07. The lowest BCUT2D eigenvalue weighted by molar-refractivity contribution is 0.278. The number of halogens is 1. The van der Waals surface area contributed by atoms with Crippen molar-refractivity contribution in [3.8, 4) is 5.69 Å². The number of tetrazole rings is 1. The van der Waals surface area contributed by atoms with E-state index in [1.807, 2.05) is 0 Å². The fourth-order valence-corrected chi connectivity index (χ4v) is 1.35. The molecule has 0 fully saturated rings. The summed E-state index contributed by atoms with van der Waals surface area (Å²) in [6, 6.07) is 5.88. The summed E-state index contributed by atoms with van der Waals surface area (Å²) in [5.74, 6) is 0.104. The molecule has 2 aromatic rings. The molecule has 0 bridgehead atoms. The molecule has 0 saturated heterocycles. The zero-order chi connectivity index (χ0) is 12.1. The molecule has 1 radical (unpaired) electrons. The van der Waals surface area contributed by atoms with Crippen LogP contribution in [0.15, 0.2) is 24.3 Å². The second kappa shape index (κ2) is 5.15. The Balaban J connectivity index is 2.21. The Morgan fingerprint density at radius 3 is 3.12 bits per heavy atom. The molecule has 0 saturated carbocycles. The number of rotatable bonds is 5. The summed E-state index contributed by atoms with van der Waals surface area (Å²) in [6.45, 7) is 1.43. The lowest BCUT2D eigenvalue weighted by atomic mass is 10.3. The number of nitrogens with zero attached hydrogens (tertiary/aromatic N) is 4. The van der Waals surface area contributed by atoms with E-state index in [2.05, 4.69) is 20.3 Å². The van der Waals surface area contributed by atoms with Gasteiger partial charge in [0.05, 0.1) is 12.3 Å². The summed E-state index contributed by atoms with van der Waals surface area (Å²) in [5.41, 5.74) is 0.514. The van der Waals surface area contributed by atoms with Crippen LogP contribution in [0.1, 0.15) is 5.82 Å². The van der Waals surface area contributed by atoms with Gasteiger partial charge < -0.3 is 4.74 Å². The largest absolute Gasteiger partial charge is 0.457 e. The van der Waals surface area contributed by atoms with Crippen LogP contribution in [-0.2, 0) is 16.0 Å². The first-order valence-electron chi connectivity index (χ1n) is 4.83. The van der Waals surface area contributed by atoms with Crippen LogP contribution in [0.3, 0.4) is 0 Å². The number of aromatic nitrogens is 4. The van der Waals surface area contributed by atoms with Gasteiger partial charge in [-0.1, -0.05) is 6.07 Å². The maximum atomic E-state index is 13.0. The minimum absolute atomic E-state index is 0.124. The summed E-state index contributed by atoms with van der Waals surface area (Å²) >= 11 is 0. The van der Waals surface area contributed by atoms with E-state index in [-0.39, 0.29) is 12.4 Å². The van der Waals surface area contributed by atoms with Crippen molar-refractivity contribution >= 4 is 6.47 Å². The van der Waals surface area contributed by atoms with Crippen molar-refractivity contribution in [1.29, 1.82) is 0 Å². The normalized spacial score (nSPS) is 10.2. The highest BCUT2D eigenvalue weighted by molar-refractivity contribution is 5.38. The molecule has 0 N–H and O–H groups in total. The Morgan fingerprint density at radius 1 is 1.47 bits per heavy atom. The molecule has 1 aromatic heterocycles. The average molecular weight is 235 g/mol. The van der Waals surface area contributed by atoms with E-state index in [0.717, 1.165) is 0 Å². The highest BCUT2D eigenvalue weighted by Crippen LogP contribution is 2.09. The Hall–Kier alpha value is -2.31. The van der Waals surface area contributed by atoms with Crippen LogP contribution in [0.2, 0.25) is 0 Å². The fraction of sp³-hybridized carbons (Fsp3) is 0.200. The third kappa shape index (κ3) is 2.63. The Labute approximate surface area is 96.0 Å². The monoisotopic (exact) mass is 235 g/mol. The highest BCUT2D eigenvalue weighted by Gasteiger charge is 2.08. The van der Waals surface area contributed by atoms with Crippen molar-refractivity contribution in [1.82, 2.24) is 20.2 Å². The molecule has 0 aliphatic carbocycles. The molecule has 0 atom stereocenters. The Morgan fingerprint density at radius 2 is 2.35 bits per heavy atom. The average Bonchev–Trinajstić information content (AvgIpc) is 2.78. The molecule has 1 aromatic carbocycles. The molecule has 17 heavy (non-hydrogen) atoms. The Kier molecular flexibility index (Phi) is 3.39. The first-order chi connectivity index (χ1) is 8.31. The van der Waals surface area contributed by atoms with Gasteiger partial charge in [-0.15, -0.1) is 5.10 Å². The second-order valence-electron chi connectivity index (χ2n) is 3.17. The van der Waals surface area contributed by atoms with Crippen LogP contribution in [-0.4, -0.2) is 33.3 Å². The number of ether oxygens (including phenoxy) is 1. The van der Waals surface area contributed by atoms with Gasteiger partial charge in [-0.05, 0) is 28.6 Å². The molecule has 7 heteroatoms. The molecular formula is C10H8FN4O2. The summed E-state index contributed by atoms with van der Waals surface area (Å²) in [6.07, 6.45) is 0.332. The van der Waals surface area contributed by atoms with Gasteiger partial charge in [0, 0.05) is 6.42 Å². The highest BCUT2D eigenvalue weighted by atomic mass is 19.1. The zero-order valence-electron chi connectivity index (χ0n) is 8.71. The maximum Gasteiger partial charge on any atom is 0.417 e. The number of carbonyl (C=O) groups excluding carboxylic acids is 1. The van der Waals surface area contributed by atoms with Gasteiger partial charge in [0.15, 0.2) is 5.82 Å². The topological polar surface area (TPSA) is 69.9 Å². The van der Waals surface area contributed by atoms with Gasteiger partial charge in [0.1, 0.15) is 5.82 Å².